The second kappa shape index (κ2) is 13.4. The zero-order valence-corrected chi connectivity index (χ0v) is 17.7. The number of carbonyl (C=O) groups excluding carboxylic acids is 1. The Morgan fingerprint density at radius 2 is 1.41 bits per heavy atom. The van der Waals surface area contributed by atoms with E-state index in [0.717, 1.165) is 23.0 Å². The highest BCUT2D eigenvalue weighted by molar-refractivity contribution is 9.09. The molecule has 27 heavy (non-hydrogen) atoms. The van der Waals surface area contributed by atoms with Gasteiger partial charge in [0.15, 0.2) is 18.2 Å². The van der Waals surface area contributed by atoms with Gasteiger partial charge in [0, 0.05) is 29.4 Å². The first kappa shape index (κ1) is 21.6. The molecular formula is C24H31BrNO+. The Morgan fingerprint density at radius 1 is 0.815 bits per heavy atom. The molecule has 2 rings (SSSR count). The zero-order chi connectivity index (χ0) is 19.2. The summed E-state index contributed by atoms with van der Waals surface area (Å²) in [6.45, 7) is 1.07. The van der Waals surface area contributed by atoms with E-state index in [2.05, 4.69) is 45.0 Å². The average molecular weight is 429 g/mol. The number of rotatable bonds is 13. The number of aromatic nitrogens is 1. The summed E-state index contributed by atoms with van der Waals surface area (Å²) in [5, 5.41) is 1.14. The van der Waals surface area contributed by atoms with Gasteiger partial charge in [0.05, 0.1) is 0 Å². The molecule has 1 aromatic carbocycles. The second-order valence-electron chi connectivity index (χ2n) is 6.95. The summed E-state index contributed by atoms with van der Waals surface area (Å²) >= 11 is 3.48. The largest absolute Gasteiger partial charge is 0.289 e. The van der Waals surface area contributed by atoms with E-state index in [-0.39, 0.29) is 5.78 Å². The van der Waals surface area contributed by atoms with E-state index in [1.807, 2.05) is 36.4 Å². The van der Waals surface area contributed by atoms with Crippen LogP contribution in [0.2, 0.25) is 0 Å². The Balaban J connectivity index is 1.63. The number of carbonyl (C=O) groups is 1. The number of alkyl halides is 1. The molecule has 0 aliphatic heterocycles. The third-order valence-electron chi connectivity index (χ3n) is 4.70. The summed E-state index contributed by atoms with van der Waals surface area (Å²) in [6, 6.07) is 13.5. The smallest absolute Gasteiger partial charge is 0.185 e. The lowest BCUT2D eigenvalue weighted by Crippen LogP contribution is -2.32. The molecule has 1 aromatic heterocycles. The first-order valence-corrected chi connectivity index (χ1v) is 11.2. The molecule has 0 aliphatic rings. The van der Waals surface area contributed by atoms with Crippen molar-refractivity contribution >= 4 is 27.8 Å². The summed E-state index contributed by atoms with van der Waals surface area (Å²) < 4.78 is 2.23. The molecule has 0 spiro atoms. The second-order valence-corrected chi connectivity index (χ2v) is 7.74. The van der Waals surface area contributed by atoms with Gasteiger partial charge in [-0.15, -0.1) is 0 Å². The standard InChI is InChI=1S/C24H31BrNO/c25-18-10-5-3-1-2-4-6-11-19-26-20-16-22(17-21-26)14-15-24(27)23-12-8-7-9-13-23/h7-9,12-17,20-21H,1-6,10-11,18-19H2/q+1/b15-14+. The average Bonchev–Trinajstić information content (AvgIpc) is 2.72. The third kappa shape index (κ3) is 9.14. The lowest BCUT2D eigenvalue weighted by atomic mass is 10.1. The first-order valence-electron chi connectivity index (χ1n) is 10.1. The molecule has 0 radical (unpaired) electrons. The van der Waals surface area contributed by atoms with E-state index in [4.69, 9.17) is 0 Å². The van der Waals surface area contributed by atoms with E-state index >= 15 is 0 Å². The van der Waals surface area contributed by atoms with Crippen LogP contribution in [-0.4, -0.2) is 11.1 Å². The van der Waals surface area contributed by atoms with Gasteiger partial charge < -0.3 is 0 Å². The summed E-state index contributed by atoms with van der Waals surface area (Å²) in [5.74, 6) is 0.0412. The van der Waals surface area contributed by atoms with Gasteiger partial charge in [0.25, 0.3) is 0 Å². The summed E-state index contributed by atoms with van der Waals surface area (Å²) in [6.07, 6.45) is 18.4. The van der Waals surface area contributed by atoms with Crippen molar-refractivity contribution in [2.75, 3.05) is 5.33 Å². The van der Waals surface area contributed by atoms with Crippen LogP contribution in [0.4, 0.5) is 0 Å². The van der Waals surface area contributed by atoms with Gasteiger partial charge in [0.2, 0.25) is 0 Å². The van der Waals surface area contributed by atoms with Crippen LogP contribution in [0.1, 0.15) is 67.3 Å². The van der Waals surface area contributed by atoms with Crippen LogP contribution in [0.25, 0.3) is 6.08 Å². The number of hydrogen-bond acceptors (Lipinski definition) is 1. The number of benzene rings is 1. The molecule has 0 atom stereocenters. The van der Waals surface area contributed by atoms with Crippen LogP contribution in [0.3, 0.4) is 0 Å². The van der Waals surface area contributed by atoms with Gasteiger partial charge in [-0.25, -0.2) is 4.57 Å². The van der Waals surface area contributed by atoms with E-state index in [9.17, 15) is 4.79 Å². The molecule has 2 aromatic rings. The minimum absolute atomic E-state index is 0.0412. The van der Waals surface area contributed by atoms with Crippen molar-refractivity contribution in [3.63, 3.8) is 0 Å². The molecule has 0 fully saturated rings. The van der Waals surface area contributed by atoms with Crippen molar-refractivity contribution in [3.8, 4) is 0 Å². The molecule has 2 nitrogen and oxygen atoms in total. The van der Waals surface area contributed by atoms with Gasteiger partial charge >= 0.3 is 0 Å². The number of aryl methyl sites for hydroxylation is 1. The minimum Gasteiger partial charge on any atom is -0.289 e. The van der Waals surface area contributed by atoms with Crippen LogP contribution in [-0.2, 0) is 6.54 Å². The minimum atomic E-state index is 0.0412. The van der Waals surface area contributed by atoms with Crippen LogP contribution < -0.4 is 4.57 Å². The Bertz CT molecular complexity index is 679. The van der Waals surface area contributed by atoms with Crippen molar-refractivity contribution in [1.82, 2.24) is 0 Å². The molecule has 1 heterocycles. The topological polar surface area (TPSA) is 20.9 Å². The van der Waals surface area contributed by atoms with E-state index in [0.29, 0.717) is 0 Å². The molecule has 0 bridgehead atoms. The summed E-state index contributed by atoms with van der Waals surface area (Å²) in [7, 11) is 0. The number of ketones is 1. The lowest BCUT2D eigenvalue weighted by Gasteiger charge is -2.01. The van der Waals surface area contributed by atoms with E-state index in [1.54, 1.807) is 6.08 Å². The van der Waals surface area contributed by atoms with E-state index in [1.165, 1.54) is 51.4 Å². The third-order valence-corrected chi connectivity index (χ3v) is 5.26. The Kier molecular flexibility index (Phi) is 10.7. The lowest BCUT2D eigenvalue weighted by molar-refractivity contribution is -0.697. The monoisotopic (exact) mass is 428 g/mol. The molecular weight excluding hydrogens is 398 g/mol. The van der Waals surface area contributed by atoms with Crippen molar-refractivity contribution in [2.24, 2.45) is 0 Å². The maximum atomic E-state index is 12.1. The molecule has 0 N–H and O–H groups in total. The molecule has 0 unspecified atom stereocenters. The van der Waals surface area contributed by atoms with Gasteiger partial charge in [-0.2, -0.15) is 0 Å². The van der Waals surface area contributed by atoms with Crippen molar-refractivity contribution < 1.29 is 9.36 Å². The number of halogens is 1. The van der Waals surface area contributed by atoms with E-state index < -0.39 is 0 Å². The zero-order valence-electron chi connectivity index (χ0n) is 16.2. The summed E-state index contributed by atoms with van der Waals surface area (Å²) in [4.78, 5) is 12.1. The molecule has 0 aliphatic carbocycles. The van der Waals surface area contributed by atoms with Crippen molar-refractivity contribution in [1.29, 1.82) is 0 Å². The van der Waals surface area contributed by atoms with Crippen molar-refractivity contribution in [2.45, 2.75) is 57.9 Å². The number of hydrogen-bond donors (Lipinski definition) is 0. The van der Waals surface area contributed by atoms with Crippen LogP contribution in [0, 0.1) is 0 Å². The highest BCUT2D eigenvalue weighted by Gasteiger charge is 2.02. The molecule has 0 saturated heterocycles. The van der Waals surface area contributed by atoms with Crippen LogP contribution in [0.5, 0.6) is 0 Å². The van der Waals surface area contributed by atoms with Gasteiger partial charge in [-0.3, -0.25) is 4.79 Å². The predicted octanol–water partition coefficient (Wildman–Crippen LogP) is 6.39. The Labute approximate surface area is 172 Å². The SMILES string of the molecule is O=C(/C=C/c1cc[n+](CCCCCCCCCCBr)cc1)c1ccccc1. The fraction of sp³-hybridized carbons (Fsp3) is 0.417. The van der Waals surface area contributed by atoms with Crippen LogP contribution >= 0.6 is 15.9 Å². The highest BCUT2D eigenvalue weighted by atomic mass is 79.9. The Morgan fingerprint density at radius 3 is 2.04 bits per heavy atom. The van der Waals surface area contributed by atoms with Crippen molar-refractivity contribution in [3.05, 3.63) is 72.1 Å². The summed E-state index contributed by atoms with van der Waals surface area (Å²) in [5.41, 5.74) is 1.78. The predicted molar refractivity (Wildman–Crippen MR) is 117 cm³/mol. The molecule has 0 saturated carbocycles. The molecule has 144 valence electrons. The number of pyridine rings is 1. The number of allylic oxidation sites excluding steroid dienone is 1. The normalized spacial score (nSPS) is 11.1. The Hall–Kier alpha value is -1.74. The maximum Gasteiger partial charge on any atom is 0.185 e. The molecule has 0 amide bonds. The number of unbranched alkanes of at least 4 members (excludes halogenated alkanes) is 7. The van der Waals surface area contributed by atoms with Gasteiger partial charge in [-0.1, -0.05) is 84.4 Å². The first-order chi connectivity index (χ1) is 13.3. The van der Waals surface area contributed by atoms with Gasteiger partial charge in [0.1, 0.15) is 6.54 Å². The maximum absolute atomic E-state index is 12.1. The highest BCUT2D eigenvalue weighted by Crippen LogP contribution is 2.09. The fourth-order valence-electron chi connectivity index (χ4n) is 3.05. The number of nitrogens with zero attached hydrogens (tertiary/aromatic N) is 1. The fourth-order valence-corrected chi connectivity index (χ4v) is 3.45. The quantitative estimate of drug-likeness (QED) is 0.119. The van der Waals surface area contributed by atoms with Crippen LogP contribution in [0.15, 0.2) is 60.9 Å². The van der Waals surface area contributed by atoms with Gasteiger partial charge in [-0.05, 0) is 24.5 Å². The molecule has 3 heteroatoms.